The second-order valence-corrected chi connectivity index (χ2v) is 3.80. The lowest BCUT2D eigenvalue weighted by molar-refractivity contribution is -0.165. The first-order valence-corrected chi connectivity index (χ1v) is 5.19. The van der Waals surface area contributed by atoms with Crippen LogP contribution in [0.1, 0.15) is 0 Å². The molecule has 0 bridgehead atoms. The third-order valence-corrected chi connectivity index (χ3v) is 2.74. The van der Waals surface area contributed by atoms with Crippen LogP contribution in [0.5, 0.6) is 0 Å². The second kappa shape index (κ2) is 5.32. The summed E-state index contributed by atoms with van der Waals surface area (Å²) in [5.74, 6) is -1.66. The van der Waals surface area contributed by atoms with Gasteiger partial charge in [-0.25, -0.2) is 9.97 Å². The zero-order chi connectivity index (χ0) is 11.3. The molecule has 7 heteroatoms. The third kappa shape index (κ3) is 4.05. The minimum absolute atomic E-state index is 0.149. The summed E-state index contributed by atoms with van der Waals surface area (Å²) < 4.78 is 36.9. The number of hydrogen-bond donors (Lipinski definition) is 1. The van der Waals surface area contributed by atoms with Crippen LogP contribution in [0, 0.1) is 5.92 Å². The molecular formula is C8H10F3N3S. The summed E-state index contributed by atoms with van der Waals surface area (Å²) >= 11 is 0.958. The van der Waals surface area contributed by atoms with Crippen molar-refractivity contribution in [3.05, 3.63) is 18.5 Å². The van der Waals surface area contributed by atoms with E-state index in [1.165, 1.54) is 12.4 Å². The van der Waals surface area contributed by atoms with Crippen molar-refractivity contribution in [3.63, 3.8) is 0 Å². The van der Waals surface area contributed by atoms with Crippen LogP contribution >= 0.6 is 11.8 Å². The van der Waals surface area contributed by atoms with Crippen LogP contribution in [-0.4, -0.2) is 28.4 Å². The molecule has 0 spiro atoms. The minimum atomic E-state index is -4.25. The van der Waals surface area contributed by atoms with E-state index in [4.69, 9.17) is 5.73 Å². The Bertz CT molecular complexity index is 291. The van der Waals surface area contributed by atoms with Crippen LogP contribution < -0.4 is 5.73 Å². The van der Waals surface area contributed by atoms with Crippen molar-refractivity contribution in [2.24, 2.45) is 11.7 Å². The van der Waals surface area contributed by atoms with Gasteiger partial charge in [0, 0.05) is 24.7 Å². The Morgan fingerprint density at radius 1 is 1.33 bits per heavy atom. The molecule has 0 fully saturated rings. The highest BCUT2D eigenvalue weighted by Gasteiger charge is 2.38. The fourth-order valence-electron chi connectivity index (χ4n) is 0.831. The number of thioether (sulfide) groups is 1. The molecule has 0 saturated carbocycles. The first-order valence-electron chi connectivity index (χ1n) is 4.20. The summed E-state index contributed by atoms with van der Waals surface area (Å²) in [5.41, 5.74) is 5.05. The highest BCUT2D eigenvalue weighted by molar-refractivity contribution is 7.99. The van der Waals surface area contributed by atoms with Crippen molar-refractivity contribution >= 4 is 11.8 Å². The predicted octanol–water partition coefficient (Wildman–Crippen LogP) is 1.71. The maximum atomic E-state index is 12.3. The first kappa shape index (κ1) is 12.3. The van der Waals surface area contributed by atoms with Crippen molar-refractivity contribution in [2.45, 2.75) is 11.3 Å². The van der Waals surface area contributed by atoms with Crippen LogP contribution in [-0.2, 0) is 0 Å². The third-order valence-electron chi connectivity index (χ3n) is 1.70. The summed E-state index contributed by atoms with van der Waals surface area (Å²) in [4.78, 5) is 7.62. The van der Waals surface area contributed by atoms with E-state index in [2.05, 4.69) is 9.97 Å². The van der Waals surface area contributed by atoms with Gasteiger partial charge in [-0.05, 0) is 6.07 Å². The Labute approximate surface area is 89.3 Å². The Balaban J connectivity index is 2.49. The normalized spacial score (nSPS) is 13.9. The van der Waals surface area contributed by atoms with Gasteiger partial charge >= 0.3 is 6.18 Å². The minimum Gasteiger partial charge on any atom is -0.330 e. The Kier molecular flexibility index (Phi) is 4.34. The number of nitrogens with zero attached hydrogens (tertiary/aromatic N) is 2. The van der Waals surface area contributed by atoms with Crippen LogP contribution in [0.15, 0.2) is 23.6 Å². The summed E-state index contributed by atoms with van der Waals surface area (Å²) in [6.07, 6.45) is -1.28. The average Bonchev–Trinajstić information content (AvgIpc) is 2.18. The number of nitrogens with two attached hydrogens (primary N) is 1. The topological polar surface area (TPSA) is 51.8 Å². The van der Waals surface area contributed by atoms with Crippen molar-refractivity contribution in [3.8, 4) is 0 Å². The van der Waals surface area contributed by atoms with Gasteiger partial charge in [0.2, 0.25) is 0 Å². The number of rotatable bonds is 4. The van der Waals surface area contributed by atoms with Crippen LogP contribution in [0.4, 0.5) is 13.2 Å². The molecule has 84 valence electrons. The van der Waals surface area contributed by atoms with Crippen molar-refractivity contribution < 1.29 is 13.2 Å². The fraction of sp³-hybridized carbons (Fsp3) is 0.500. The van der Waals surface area contributed by atoms with E-state index < -0.39 is 18.6 Å². The van der Waals surface area contributed by atoms with E-state index in [0.717, 1.165) is 11.8 Å². The maximum absolute atomic E-state index is 12.3. The molecule has 0 aliphatic heterocycles. The molecule has 2 N–H and O–H groups in total. The van der Waals surface area contributed by atoms with E-state index >= 15 is 0 Å². The molecule has 1 unspecified atom stereocenters. The van der Waals surface area contributed by atoms with Crippen LogP contribution in [0.3, 0.4) is 0 Å². The van der Waals surface area contributed by atoms with Gasteiger partial charge in [-0.15, -0.1) is 0 Å². The molecular weight excluding hydrogens is 227 g/mol. The predicted molar refractivity (Wildman–Crippen MR) is 51.4 cm³/mol. The number of hydrogen-bond acceptors (Lipinski definition) is 4. The summed E-state index contributed by atoms with van der Waals surface area (Å²) in [6.45, 7) is -0.413. The SMILES string of the molecule is NCC(CSc1ncccn1)C(F)(F)F. The molecule has 0 aromatic carbocycles. The van der Waals surface area contributed by atoms with Gasteiger partial charge < -0.3 is 5.73 Å². The number of alkyl halides is 3. The molecule has 1 aromatic heterocycles. The smallest absolute Gasteiger partial charge is 0.330 e. The number of halogens is 3. The molecule has 0 amide bonds. The van der Waals surface area contributed by atoms with E-state index in [9.17, 15) is 13.2 Å². The lowest BCUT2D eigenvalue weighted by Gasteiger charge is -2.17. The van der Waals surface area contributed by atoms with Gasteiger partial charge in [0.15, 0.2) is 5.16 Å². The van der Waals surface area contributed by atoms with E-state index in [0.29, 0.717) is 5.16 Å². The summed E-state index contributed by atoms with van der Waals surface area (Å²) in [7, 11) is 0. The van der Waals surface area contributed by atoms with E-state index in [1.807, 2.05) is 0 Å². The highest BCUT2D eigenvalue weighted by atomic mass is 32.2. The van der Waals surface area contributed by atoms with Crippen molar-refractivity contribution in [2.75, 3.05) is 12.3 Å². The molecule has 0 aliphatic carbocycles. The van der Waals surface area contributed by atoms with Gasteiger partial charge in [0.05, 0.1) is 5.92 Å². The second-order valence-electron chi connectivity index (χ2n) is 2.82. The van der Waals surface area contributed by atoms with E-state index in [-0.39, 0.29) is 5.75 Å². The van der Waals surface area contributed by atoms with Crippen LogP contribution in [0.2, 0.25) is 0 Å². The number of aromatic nitrogens is 2. The molecule has 1 heterocycles. The fourth-order valence-corrected chi connectivity index (χ4v) is 1.78. The Hall–Kier alpha value is -0.820. The molecule has 1 aromatic rings. The lowest BCUT2D eigenvalue weighted by Crippen LogP contribution is -2.32. The quantitative estimate of drug-likeness (QED) is 0.639. The monoisotopic (exact) mass is 237 g/mol. The van der Waals surface area contributed by atoms with Crippen LogP contribution in [0.25, 0.3) is 0 Å². The average molecular weight is 237 g/mol. The van der Waals surface area contributed by atoms with Gasteiger partial charge in [0.25, 0.3) is 0 Å². The standard InChI is InChI=1S/C8H10F3N3S/c9-8(10,11)6(4-12)5-15-7-13-2-1-3-14-7/h1-3,6H,4-5,12H2. The van der Waals surface area contributed by atoms with Gasteiger partial charge in [-0.3, -0.25) is 0 Å². The highest BCUT2D eigenvalue weighted by Crippen LogP contribution is 2.29. The summed E-state index contributed by atoms with van der Waals surface area (Å²) in [5, 5.41) is 0.334. The zero-order valence-corrected chi connectivity index (χ0v) is 8.55. The Morgan fingerprint density at radius 3 is 2.40 bits per heavy atom. The van der Waals surface area contributed by atoms with Crippen molar-refractivity contribution in [1.82, 2.24) is 9.97 Å². The maximum Gasteiger partial charge on any atom is 0.393 e. The summed E-state index contributed by atoms with van der Waals surface area (Å²) in [6, 6.07) is 1.61. The van der Waals surface area contributed by atoms with Gasteiger partial charge in [0.1, 0.15) is 0 Å². The first-order chi connectivity index (χ1) is 7.04. The zero-order valence-electron chi connectivity index (χ0n) is 7.74. The molecule has 0 saturated heterocycles. The molecule has 3 nitrogen and oxygen atoms in total. The van der Waals surface area contributed by atoms with Gasteiger partial charge in [-0.1, -0.05) is 11.8 Å². The molecule has 0 radical (unpaired) electrons. The van der Waals surface area contributed by atoms with Crippen molar-refractivity contribution in [1.29, 1.82) is 0 Å². The molecule has 15 heavy (non-hydrogen) atoms. The lowest BCUT2D eigenvalue weighted by atomic mass is 10.2. The largest absolute Gasteiger partial charge is 0.393 e. The molecule has 0 aliphatic rings. The molecule has 1 atom stereocenters. The molecule has 1 rings (SSSR count). The van der Waals surface area contributed by atoms with E-state index in [1.54, 1.807) is 6.07 Å². The Morgan fingerprint density at radius 2 is 1.93 bits per heavy atom. The van der Waals surface area contributed by atoms with Gasteiger partial charge in [-0.2, -0.15) is 13.2 Å².